The zero-order valence-corrected chi connectivity index (χ0v) is 11.8. The van der Waals surface area contributed by atoms with Gasteiger partial charge in [0, 0.05) is 6.04 Å². The predicted molar refractivity (Wildman–Crippen MR) is 76.1 cm³/mol. The van der Waals surface area contributed by atoms with Crippen molar-refractivity contribution in [2.75, 3.05) is 13.7 Å². The fraction of sp³-hybridized carbons (Fsp3) is 0.625. The second kappa shape index (κ2) is 6.24. The Kier molecular flexibility index (Phi) is 4.65. The van der Waals surface area contributed by atoms with Crippen molar-refractivity contribution in [1.29, 1.82) is 0 Å². The van der Waals surface area contributed by atoms with Gasteiger partial charge in [-0.2, -0.15) is 0 Å². The van der Waals surface area contributed by atoms with Crippen molar-refractivity contribution < 1.29 is 4.74 Å². The second-order valence-electron chi connectivity index (χ2n) is 5.37. The van der Waals surface area contributed by atoms with Gasteiger partial charge in [0.15, 0.2) is 0 Å². The molecule has 1 atom stereocenters. The van der Waals surface area contributed by atoms with Gasteiger partial charge in [-0.1, -0.05) is 38.3 Å². The van der Waals surface area contributed by atoms with Gasteiger partial charge in [-0.3, -0.25) is 0 Å². The Balaban J connectivity index is 2.10. The van der Waals surface area contributed by atoms with E-state index in [1.54, 1.807) is 7.11 Å². The lowest BCUT2D eigenvalue weighted by molar-refractivity contribution is 0.262. The smallest absolute Gasteiger partial charge is 0.121 e. The fourth-order valence-corrected chi connectivity index (χ4v) is 2.76. The molecule has 0 saturated heterocycles. The molecule has 100 valence electrons. The standard InChI is InChI=1S/C16H25NO/c1-4-17-15(11-13-6-5-7-13)14-8-9-16(18-3)12(2)10-14/h8-10,13,15,17H,4-7,11H2,1-3H3. The van der Waals surface area contributed by atoms with Gasteiger partial charge in [-0.25, -0.2) is 0 Å². The average Bonchev–Trinajstić information content (AvgIpc) is 2.32. The van der Waals surface area contributed by atoms with Crippen LogP contribution in [-0.2, 0) is 0 Å². The predicted octanol–water partition coefficient (Wildman–Crippen LogP) is 3.84. The number of rotatable bonds is 6. The molecule has 1 aromatic rings. The Morgan fingerprint density at radius 3 is 2.67 bits per heavy atom. The van der Waals surface area contributed by atoms with E-state index >= 15 is 0 Å². The summed E-state index contributed by atoms with van der Waals surface area (Å²) in [6.07, 6.45) is 5.53. The van der Waals surface area contributed by atoms with E-state index in [-0.39, 0.29) is 0 Å². The van der Waals surface area contributed by atoms with E-state index in [0.717, 1.165) is 18.2 Å². The molecule has 2 heteroatoms. The monoisotopic (exact) mass is 247 g/mol. The zero-order valence-electron chi connectivity index (χ0n) is 11.8. The van der Waals surface area contributed by atoms with Crippen LogP contribution >= 0.6 is 0 Å². The number of hydrogen-bond acceptors (Lipinski definition) is 2. The van der Waals surface area contributed by atoms with Gasteiger partial charge in [0.2, 0.25) is 0 Å². The molecule has 2 nitrogen and oxygen atoms in total. The molecule has 0 spiro atoms. The Morgan fingerprint density at radius 2 is 2.17 bits per heavy atom. The number of aryl methyl sites for hydroxylation is 1. The normalized spacial score (nSPS) is 17.3. The Morgan fingerprint density at radius 1 is 1.39 bits per heavy atom. The average molecular weight is 247 g/mol. The van der Waals surface area contributed by atoms with Crippen LogP contribution in [0.4, 0.5) is 0 Å². The van der Waals surface area contributed by atoms with Gasteiger partial charge in [0.1, 0.15) is 5.75 Å². The van der Waals surface area contributed by atoms with Crippen molar-refractivity contribution in [3.8, 4) is 5.75 Å². The van der Waals surface area contributed by atoms with E-state index in [2.05, 4.69) is 37.4 Å². The highest BCUT2D eigenvalue weighted by molar-refractivity contribution is 5.37. The molecule has 1 aliphatic carbocycles. The maximum absolute atomic E-state index is 5.33. The lowest BCUT2D eigenvalue weighted by Crippen LogP contribution is -2.26. The third-order valence-corrected chi connectivity index (χ3v) is 4.07. The van der Waals surface area contributed by atoms with Crippen molar-refractivity contribution in [3.63, 3.8) is 0 Å². The van der Waals surface area contributed by atoms with Gasteiger partial charge in [-0.15, -0.1) is 0 Å². The van der Waals surface area contributed by atoms with Crippen LogP contribution in [0.3, 0.4) is 0 Å². The van der Waals surface area contributed by atoms with Crippen LogP contribution in [0.5, 0.6) is 5.75 Å². The van der Waals surface area contributed by atoms with Crippen LogP contribution in [0.15, 0.2) is 18.2 Å². The summed E-state index contributed by atoms with van der Waals surface area (Å²) in [6.45, 7) is 5.33. The molecule has 0 heterocycles. The molecule has 1 fully saturated rings. The maximum atomic E-state index is 5.33. The van der Waals surface area contributed by atoms with Crippen LogP contribution < -0.4 is 10.1 Å². The SMILES string of the molecule is CCNC(CC1CCC1)c1ccc(OC)c(C)c1. The minimum Gasteiger partial charge on any atom is -0.496 e. The van der Waals surface area contributed by atoms with Crippen LogP contribution in [0.2, 0.25) is 0 Å². The van der Waals surface area contributed by atoms with Gasteiger partial charge >= 0.3 is 0 Å². The van der Waals surface area contributed by atoms with Crippen LogP contribution in [-0.4, -0.2) is 13.7 Å². The third-order valence-electron chi connectivity index (χ3n) is 4.07. The fourth-order valence-electron chi connectivity index (χ4n) is 2.76. The van der Waals surface area contributed by atoms with Crippen molar-refractivity contribution in [3.05, 3.63) is 29.3 Å². The van der Waals surface area contributed by atoms with Crippen LogP contribution in [0, 0.1) is 12.8 Å². The number of benzene rings is 1. The van der Waals surface area contributed by atoms with E-state index in [1.165, 1.54) is 36.8 Å². The molecule has 0 radical (unpaired) electrons. The number of ether oxygens (including phenoxy) is 1. The lowest BCUT2D eigenvalue weighted by atomic mass is 9.79. The highest BCUT2D eigenvalue weighted by Crippen LogP contribution is 2.35. The first-order valence-electron chi connectivity index (χ1n) is 7.12. The number of methoxy groups -OCH3 is 1. The summed E-state index contributed by atoms with van der Waals surface area (Å²) in [4.78, 5) is 0. The molecule has 1 N–H and O–H groups in total. The topological polar surface area (TPSA) is 21.3 Å². The summed E-state index contributed by atoms with van der Waals surface area (Å²) in [6, 6.07) is 7.07. The zero-order chi connectivity index (χ0) is 13.0. The second-order valence-corrected chi connectivity index (χ2v) is 5.37. The van der Waals surface area contributed by atoms with Gasteiger partial charge in [0.05, 0.1) is 7.11 Å². The van der Waals surface area contributed by atoms with E-state index < -0.39 is 0 Å². The van der Waals surface area contributed by atoms with Crippen LogP contribution in [0.1, 0.15) is 49.8 Å². The minimum absolute atomic E-state index is 0.505. The summed E-state index contributed by atoms with van der Waals surface area (Å²) in [5.74, 6) is 1.91. The molecule has 0 bridgehead atoms. The largest absolute Gasteiger partial charge is 0.496 e. The first kappa shape index (κ1) is 13.4. The molecule has 1 saturated carbocycles. The summed E-state index contributed by atoms with van der Waals surface area (Å²) in [5, 5.41) is 3.62. The van der Waals surface area contributed by atoms with E-state index in [9.17, 15) is 0 Å². The molecular weight excluding hydrogens is 222 g/mol. The maximum Gasteiger partial charge on any atom is 0.121 e. The Hall–Kier alpha value is -1.02. The highest BCUT2D eigenvalue weighted by Gasteiger charge is 2.22. The summed E-state index contributed by atoms with van der Waals surface area (Å²) in [7, 11) is 1.73. The first-order chi connectivity index (χ1) is 8.74. The highest BCUT2D eigenvalue weighted by atomic mass is 16.5. The summed E-state index contributed by atoms with van der Waals surface area (Å²) >= 11 is 0. The molecular formula is C16H25NO. The quantitative estimate of drug-likeness (QED) is 0.824. The molecule has 18 heavy (non-hydrogen) atoms. The molecule has 1 aromatic carbocycles. The van der Waals surface area contributed by atoms with Gasteiger partial charge in [-0.05, 0) is 43.0 Å². The van der Waals surface area contributed by atoms with Crippen LogP contribution in [0.25, 0.3) is 0 Å². The van der Waals surface area contributed by atoms with E-state index in [0.29, 0.717) is 6.04 Å². The molecule has 1 aliphatic rings. The van der Waals surface area contributed by atoms with Gasteiger partial charge in [0.25, 0.3) is 0 Å². The lowest BCUT2D eigenvalue weighted by Gasteiger charge is -2.30. The van der Waals surface area contributed by atoms with Gasteiger partial charge < -0.3 is 10.1 Å². The Bertz CT molecular complexity index is 385. The number of hydrogen-bond donors (Lipinski definition) is 1. The Labute approximate surface area is 111 Å². The minimum atomic E-state index is 0.505. The molecule has 0 aliphatic heterocycles. The van der Waals surface area contributed by atoms with Crippen molar-refractivity contribution in [1.82, 2.24) is 5.32 Å². The van der Waals surface area contributed by atoms with Crippen molar-refractivity contribution >= 4 is 0 Å². The van der Waals surface area contributed by atoms with E-state index in [4.69, 9.17) is 4.74 Å². The summed E-state index contributed by atoms with van der Waals surface area (Å²) in [5.41, 5.74) is 2.63. The molecule has 1 unspecified atom stereocenters. The molecule has 2 rings (SSSR count). The van der Waals surface area contributed by atoms with E-state index in [1.807, 2.05) is 0 Å². The number of nitrogens with one attached hydrogen (secondary N) is 1. The first-order valence-corrected chi connectivity index (χ1v) is 7.12. The molecule has 0 aromatic heterocycles. The van der Waals surface area contributed by atoms with Crippen molar-refractivity contribution in [2.24, 2.45) is 5.92 Å². The molecule has 0 amide bonds. The van der Waals surface area contributed by atoms with Crippen molar-refractivity contribution in [2.45, 2.75) is 45.6 Å². The summed E-state index contributed by atoms with van der Waals surface area (Å²) < 4.78 is 5.33. The third kappa shape index (κ3) is 3.05.